The molecule has 1 aliphatic heterocycles. The van der Waals surface area contributed by atoms with Crippen LogP contribution in [0.15, 0.2) is 41.0 Å². The second kappa shape index (κ2) is 6.75. The zero-order valence-corrected chi connectivity index (χ0v) is 15.0. The lowest BCUT2D eigenvalue weighted by atomic mass is 10.2. The highest BCUT2D eigenvalue weighted by molar-refractivity contribution is 7.97. The molecule has 0 atom stereocenters. The minimum absolute atomic E-state index is 0.163. The minimum Gasteiger partial charge on any atom is -0.511 e. The molecule has 0 saturated carbocycles. The lowest BCUT2D eigenvalue weighted by Gasteiger charge is -2.29. The number of sulfonamides is 1. The molecule has 1 aliphatic rings. The van der Waals surface area contributed by atoms with E-state index in [1.165, 1.54) is 12.1 Å². The van der Waals surface area contributed by atoms with Crippen molar-refractivity contribution in [2.45, 2.75) is 32.8 Å². The fourth-order valence-electron chi connectivity index (χ4n) is 2.15. The Morgan fingerprint density at radius 2 is 1.84 bits per heavy atom. The number of anilines is 1. The first-order valence-electron chi connectivity index (χ1n) is 7.56. The first-order valence-corrected chi connectivity index (χ1v) is 9.04. The molecule has 2 rings (SSSR count). The number of carbonyl (C=O) groups is 2. The molecule has 1 heterocycles. The lowest BCUT2D eigenvalue weighted by Crippen LogP contribution is -2.46. The molecule has 9 heteroatoms. The topological polar surface area (TPSA) is 113 Å². The van der Waals surface area contributed by atoms with Gasteiger partial charge in [-0.2, -0.15) is 0 Å². The van der Waals surface area contributed by atoms with E-state index in [-0.39, 0.29) is 18.7 Å². The second-order valence-electron chi connectivity index (χ2n) is 6.43. The van der Waals surface area contributed by atoms with Crippen molar-refractivity contribution in [3.8, 4) is 0 Å². The van der Waals surface area contributed by atoms with E-state index >= 15 is 0 Å². The molecule has 0 unspecified atom stereocenters. The summed E-state index contributed by atoms with van der Waals surface area (Å²) in [5.74, 6) is -1.71. The van der Waals surface area contributed by atoms with Crippen LogP contribution in [-0.2, 0) is 19.6 Å². The van der Waals surface area contributed by atoms with Crippen LogP contribution < -0.4 is 4.72 Å². The highest BCUT2D eigenvalue weighted by atomic mass is 32.2. The van der Waals surface area contributed by atoms with E-state index in [1.807, 2.05) is 0 Å². The predicted octanol–water partition coefficient (Wildman–Crippen LogP) is 2.37. The molecule has 0 aromatic heterocycles. The molecule has 0 aliphatic carbocycles. The van der Waals surface area contributed by atoms with Crippen molar-refractivity contribution >= 4 is 27.7 Å². The van der Waals surface area contributed by atoms with Gasteiger partial charge in [-0.15, -0.1) is 0 Å². The molecule has 8 nitrogen and oxygen atoms in total. The smallest absolute Gasteiger partial charge is 0.417 e. The van der Waals surface area contributed by atoms with E-state index in [0.29, 0.717) is 4.90 Å². The van der Waals surface area contributed by atoms with Gasteiger partial charge in [-0.1, -0.05) is 18.2 Å². The molecule has 0 fully saturated rings. The van der Waals surface area contributed by atoms with E-state index in [0.717, 1.165) is 0 Å². The minimum atomic E-state index is -4.36. The number of para-hydroxylation sites is 1. The SMILES string of the molecule is CC(C)(C)OC(=O)N1CCC(O)=C(S(=O)(=O)Nc2ccccc2)C1=O. The Bertz CT molecular complexity index is 809. The number of hydrogen-bond acceptors (Lipinski definition) is 6. The molecular formula is C16H20N2O6S. The third kappa shape index (κ3) is 4.50. The number of carbonyl (C=O) groups excluding carboxylic acids is 2. The highest BCUT2D eigenvalue weighted by Gasteiger charge is 2.40. The monoisotopic (exact) mass is 368 g/mol. The number of imide groups is 1. The van der Waals surface area contributed by atoms with Crippen LogP contribution in [0.4, 0.5) is 10.5 Å². The highest BCUT2D eigenvalue weighted by Crippen LogP contribution is 2.25. The van der Waals surface area contributed by atoms with Crippen LogP contribution in [-0.4, -0.2) is 42.6 Å². The van der Waals surface area contributed by atoms with E-state index in [1.54, 1.807) is 39.0 Å². The van der Waals surface area contributed by atoms with Crippen LogP contribution in [0, 0.1) is 0 Å². The summed E-state index contributed by atoms with van der Waals surface area (Å²) < 4.78 is 32.3. The van der Waals surface area contributed by atoms with E-state index < -0.39 is 38.3 Å². The van der Waals surface area contributed by atoms with Gasteiger partial charge in [-0.3, -0.25) is 9.52 Å². The maximum absolute atomic E-state index is 12.5. The zero-order valence-electron chi connectivity index (χ0n) is 14.1. The Kier molecular flexibility index (Phi) is 5.07. The number of rotatable bonds is 3. The summed E-state index contributed by atoms with van der Waals surface area (Å²) in [6.07, 6.45) is -1.13. The summed E-state index contributed by atoms with van der Waals surface area (Å²) in [7, 11) is -4.36. The van der Waals surface area contributed by atoms with Crippen molar-refractivity contribution in [1.29, 1.82) is 0 Å². The fourth-order valence-corrected chi connectivity index (χ4v) is 3.45. The Balaban J connectivity index is 2.30. The van der Waals surface area contributed by atoms with Gasteiger partial charge in [0.15, 0.2) is 4.91 Å². The first-order chi connectivity index (χ1) is 11.5. The van der Waals surface area contributed by atoms with E-state index in [2.05, 4.69) is 4.72 Å². The molecule has 25 heavy (non-hydrogen) atoms. The second-order valence-corrected chi connectivity index (χ2v) is 8.05. The van der Waals surface area contributed by atoms with Crippen LogP contribution in [0.3, 0.4) is 0 Å². The Morgan fingerprint density at radius 1 is 1.24 bits per heavy atom. The molecule has 0 spiro atoms. The third-order valence-corrected chi connectivity index (χ3v) is 4.63. The molecular weight excluding hydrogens is 348 g/mol. The Hall–Kier alpha value is -2.55. The maximum Gasteiger partial charge on any atom is 0.417 e. The van der Waals surface area contributed by atoms with Crippen LogP contribution in [0.2, 0.25) is 0 Å². The number of nitrogens with one attached hydrogen (secondary N) is 1. The van der Waals surface area contributed by atoms with Crippen molar-refractivity contribution in [2.24, 2.45) is 0 Å². The number of hydrogen-bond donors (Lipinski definition) is 2. The summed E-state index contributed by atoms with van der Waals surface area (Å²) in [6.45, 7) is 4.72. The number of amides is 2. The summed E-state index contributed by atoms with van der Waals surface area (Å²) in [5.41, 5.74) is -0.618. The van der Waals surface area contributed by atoms with Crippen molar-refractivity contribution in [3.05, 3.63) is 41.0 Å². The Morgan fingerprint density at radius 3 is 2.40 bits per heavy atom. The quantitative estimate of drug-likeness (QED) is 0.847. The summed E-state index contributed by atoms with van der Waals surface area (Å²) in [5, 5.41) is 9.95. The van der Waals surface area contributed by atoms with Crippen molar-refractivity contribution in [2.75, 3.05) is 11.3 Å². The van der Waals surface area contributed by atoms with Gasteiger partial charge in [0.2, 0.25) is 0 Å². The molecule has 0 saturated heterocycles. The van der Waals surface area contributed by atoms with Gasteiger partial charge in [0.05, 0.1) is 0 Å². The van der Waals surface area contributed by atoms with Crippen LogP contribution in [0.25, 0.3) is 0 Å². The zero-order chi connectivity index (χ0) is 18.8. The van der Waals surface area contributed by atoms with Crippen molar-refractivity contribution in [1.82, 2.24) is 4.90 Å². The fraction of sp³-hybridized carbons (Fsp3) is 0.375. The molecule has 0 radical (unpaired) electrons. The van der Waals surface area contributed by atoms with Gasteiger partial charge >= 0.3 is 6.09 Å². The molecule has 2 amide bonds. The number of benzene rings is 1. The number of ether oxygens (including phenoxy) is 1. The van der Waals surface area contributed by atoms with Crippen LogP contribution in [0.5, 0.6) is 0 Å². The average Bonchev–Trinajstić information content (AvgIpc) is 2.45. The van der Waals surface area contributed by atoms with Crippen molar-refractivity contribution < 1.29 is 27.9 Å². The third-order valence-electron chi connectivity index (χ3n) is 3.18. The van der Waals surface area contributed by atoms with Gasteiger partial charge in [0.1, 0.15) is 11.4 Å². The van der Waals surface area contributed by atoms with Gasteiger partial charge in [-0.05, 0) is 32.9 Å². The maximum atomic E-state index is 12.5. The van der Waals surface area contributed by atoms with Gasteiger partial charge in [0.25, 0.3) is 15.9 Å². The van der Waals surface area contributed by atoms with E-state index in [4.69, 9.17) is 4.74 Å². The summed E-state index contributed by atoms with van der Waals surface area (Å²) in [4.78, 5) is 24.4. The lowest BCUT2D eigenvalue weighted by molar-refractivity contribution is -0.126. The van der Waals surface area contributed by atoms with E-state index in [9.17, 15) is 23.1 Å². The largest absolute Gasteiger partial charge is 0.511 e. The average molecular weight is 368 g/mol. The molecule has 2 N–H and O–H groups in total. The van der Waals surface area contributed by atoms with Gasteiger partial charge < -0.3 is 9.84 Å². The van der Waals surface area contributed by atoms with Crippen LogP contribution in [0.1, 0.15) is 27.2 Å². The number of nitrogens with zero attached hydrogens (tertiary/aromatic N) is 1. The van der Waals surface area contributed by atoms with Gasteiger partial charge in [0, 0.05) is 18.7 Å². The number of aliphatic hydroxyl groups is 1. The predicted molar refractivity (Wildman–Crippen MR) is 91.2 cm³/mol. The summed E-state index contributed by atoms with van der Waals surface area (Å²) >= 11 is 0. The first kappa shape index (κ1) is 18.8. The molecule has 1 aromatic carbocycles. The molecule has 1 aromatic rings. The molecule has 0 bridgehead atoms. The number of aliphatic hydroxyl groups excluding tert-OH is 1. The Labute approximate surface area is 146 Å². The molecule has 136 valence electrons. The standard InChI is InChI=1S/C16H20N2O6S/c1-16(2,3)24-15(21)18-10-9-12(19)13(14(18)20)25(22,23)17-11-7-5-4-6-8-11/h4-8,17,19H,9-10H2,1-3H3. The summed E-state index contributed by atoms with van der Waals surface area (Å²) in [6, 6.07) is 7.91. The van der Waals surface area contributed by atoms with Crippen LogP contribution >= 0.6 is 0 Å². The van der Waals surface area contributed by atoms with Crippen molar-refractivity contribution in [3.63, 3.8) is 0 Å². The van der Waals surface area contributed by atoms with Gasteiger partial charge in [-0.25, -0.2) is 18.1 Å². The normalized spacial score (nSPS) is 16.0.